The van der Waals surface area contributed by atoms with E-state index in [1.54, 1.807) is 0 Å². The monoisotopic (exact) mass is 191 g/mol. The summed E-state index contributed by atoms with van der Waals surface area (Å²) >= 11 is 0. The zero-order chi connectivity index (χ0) is 7.73. The van der Waals surface area contributed by atoms with Crippen molar-refractivity contribution < 1.29 is 51.4 Å². The molecule has 0 bridgehead atoms. The predicted octanol–water partition coefficient (Wildman–Crippen LogP) is -0.0357. The third-order valence-corrected chi connectivity index (χ3v) is 3.23. The Labute approximate surface area is 118 Å². The maximum atomic E-state index is 4.40. The van der Waals surface area contributed by atoms with Gasteiger partial charge in [-0.1, -0.05) is 32.6 Å². The maximum absolute atomic E-state index is 4.40. The molecule has 12 heavy (non-hydrogen) atoms. The van der Waals surface area contributed by atoms with Gasteiger partial charge in [0.2, 0.25) is 0 Å². The van der Waals surface area contributed by atoms with Gasteiger partial charge in [0.05, 0.1) is 0 Å². The van der Waals surface area contributed by atoms with E-state index in [1.807, 2.05) is 0 Å². The van der Waals surface area contributed by atoms with Crippen LogP contribution in [0.3, 0.4) is 0 Å². The fourth-order valence-corrected chi connectivity index (χ4v) is 2.16. The van der Waals surface area contributed by atoms with E-state index >= 15 is 0 Å². The molecule has 0 radical (unpaired) electrons. The predicted molar refractivity (Wildman–Crippen MR) is 47.8 cm³/mol. The van der Waals surface area contributed by atoms with Crippen molar-refractivity contribution in [2.75, 3.05) is 13.1 Å². The van der Waals surface area contributed by atoms with E-state index in [4.69, 9.17) is 0 Å². The smallest absolute Gasteiger partial charge is 0.662 e. The van der Waals surface area contributed by atoms with Crippen LogP contribution in [0.2, 0.25) is 0 Å². The molecule has 0 amide bonds. The van der Waals surface area contributed by atoms with Gasteiger partial charge >= 0.3 is 51.4 Å². The van der Waals surface area contributed by atoms with Crippen molar-refractivity contribution in [2.45, 2.75) is 39.0 Å². The Bertz CT molecular complexity index is 137. The van der Waals surface area contributed by atoms with E-state index in [0.717, 1.165) is 19.0 Å². The number of rotatable bonds is 2. The molecule has 0 aromatic heterocycles. The zero-order valence-electron chi connectivity index (χ0n) is 8.47. The number of piperidine rings is 1. The average Bonchev–Trinajstić information content (AvgIpc) is 2.72. The topological polar surface area (TPSA) is 14.1 Å². The summed E-state index contributed by atoms with van der Waals surface area (Å²) in [5.74, 6) is 1.10. The molecule has 0 aromatic carbocycles. The van der Waals surface area contributed by atoms with Gasteiger partial charge in [0.25, 0.3) is 0 Å². The summed E-state index contributed by atoms with van der Waals surface area (Å²) in [6.45, 7) is 4.71. The molecule has 0 N–H and O–H groups in total. The minimum Gasteiger partial charge on any atom is -0.662 e. The Morgan fingerprint density at radius 2 is 1.83 bits per heavy atom. The largest absolute Gasteiger partial charge is 1.00 e. The van der Waals surface area contributed by atoms with Crippen molar-refractivity contribution in [3.05, 3.63) is 5.32 Å². The summed E-state index contributed by atoms with van der Waals surface area (Å²) < 4.78 is 0. The molecule has 2 fully saturated rings. The summed E-state index contributed by atoms with van der Waals surface area (Å²) in [6.07, 6.45) is 7.20. The standard InChI is InChI=1S/C10H18N.K/c1-10(8-9-2-3-9)4-6-11-7-5-10;/h9H,2-8H2,1H3;/q-1;+1. The van der Waals surface area contributed by atoms with E-state index in [1.165, 1.54) is 32.1 Å². The summed E-state index contributed by atoms with van der Waals surface area (Å²) in [5.41, 5.74) is 0.670. The van der Waals surface area contributed by atoms with Crippen molar-refractivity contribution in [1.82, 2.24) is 0 Å². The molecular weight excluding hydrogens is 173 g/mol. The van der Waals surface area contributed by atoms with Crippen molar-refractivity contribution in [3.8, 4) is 0 Å². The first-order chi connectivity index (χ1) is 5.29. The van der Waals surface area contributed by atoms with Crippen LogP contribution in [0.1, 0.15) is 39.0 Å². The Morgan fingerprint density at radius 3 is 2.33 bits per heavy atom. The Kier molecular flexibility index (Phi) is 4.76. The van der Waals surface area contributed by atoms with Gasteiger partial charge in [-0.15, -0.1) is 13.1 Å². The van der Waals surface area contributed by atoms with Crippen LogP contribution in [0.15, 0.2) is 0 Å². The molecule has 1 aliphatic carbocycles. The molecular formula is C10H18KN. The van der Waals surface area contributed by atoms with E-state index in [9.17, 15) is 0 Å². The second-order valence-electron chi connectivity index (χ2n) is 4.63. The fourth-order valence-electron chi connectivity index (χ4n) is 2.16. The summed E-state index contributed by atoms with van der Waals surface area (Å²) in [6, 6.07) is 0. The van der Waals surface area contributed by atoms with Gasteiger partial charge < -0.3 is 5.32 Å². The molecule has 0 aromatic rings. The van der Waals surface area contributed by atoms with Crippen LogP contribution in [0.5, 0.6) is 0 Å². The summed E-state index contributed by atoms with van der Waals surface area (Å²) in [4.78, 5) is 0. The van der Waals surface area contributed by atoms with Gasteiger partial charge in [0.1, 0.15) is 0 Å². The Balaban J connectivity index is 0.000000720. The van der Waals surface area contributed by atoms with E-state index < -0.39 is 0 Å². The molecule has 1 saturated heterocycles. The molecule has 2 rings (SSSR count). The van der Waals surface area contributed by atoms with E-state index in [0.29, 0.717) is 5.41 Å². The first-order valence-corrected chi connectivity index (χ1v) is 4.92. The van der Waals surface area contributed by atoms with Crippen molar-refractivity contribution >= 4 is 0 Å². The van der Waals surface area contributed by atoms with Gasteiger partial charge in [0.15, 0.2) is 0 Å². The molecule has 0 atom stereocenters. The van der Waals surface area contributed by atoms with Crippen LogP contribution in [-0.4, -0.2) is 13.1 Å². The number of hydrogen-bond donors (Lipinski definition) is 0. The molecule has 64 valence electrons. The second-order valence-corrected chi connectivity index (χ2v) is 4.63. The third kappa shape index (κ3) is 3.39. The van der Waals surface area contributed by atoms with E-state index in [-0.39, 0.29) is 51.4 Å². The molecule has 1 heterocycles. The van der Waals surface area contributed by atoms with Crippen LogP contribution in [0.25, 0.3) is 5.32 Å². The van der Waals surface area contributed by atoms with Gasteiger partial charge in [-0.3, -0.25) is 0 Å². The minimum absolute atomic E-state index is 0. The number of nitrogens with zero attached hydrogens (tertiary/aromatic N) is 1. The normalized spacial score (nSPS) is 27.8. The Morgan fingerprint density at radius 1 is 1.25 bits per heavy atom. The van der Waals surface area contributed by atoms with Crippen molar-refractivity contribution in [2.24, 2.45) is 11.3 Å². The van der Waals surface area contributed by atoms with E-state index in [2.05, 4.69) is 12.2 Å². The molecule has 0 spiro atoms. The molecule has 2 aliphatic rings. The van der Waals surface area contributed by atoms with Crippen LogP contribution < -0.4 is 51.4 Å². The first-order valence-electron chi connectivity index (χ1n) is 4.92. The summed E-state index contributed by atoms with van der Waals surface area (Å²) in [7, 11) is 0. The molecule has 2 heteroatoms. The average molecular weight is 191 g/mol. The van der Waals surface area contributed by atoms with Gasteiger partial charge in [-0.05, 0) is 17.8 Å². The van der Waals surface area contributed by atoms with Crippen LogP contribution >= 0.6 is 0 Å². The molecule has 1 saturated carbocycles. The van der Waals surface area contributed by atoms with Crippen LogP contribution in [0, 0.1) is 11.3 Å². The van der Waals surface area contributed by atoms with Crippen LogP contribution in [0.4, 0.5) is 0 Å². The van der Waals surface area contributed by atoms with Gasteiger partial charge in [-0.25, -0.2) is 0 Å². The first kappa shape index (κ1) is 11.7. The zero-order valence-corrected chi connectivity index (χ0v) is 11.6. The minimum atomic E-state index is 0. The Hall–Kier alpha value is 1.60. The molecule has 1 nitrogen and oxygen atoms in total. The molecule has 1 aliphatic heterocycles. The quantitative estimate of drug-likeness (QED) is 0.544. The van der Waals surface area contributed by atoms with Gasteiger partial charge in [-0.2, -0.15) is 0 Å². The SMILES string of the molecule is CC1(CC2CC2)CC[N-]CC1.[K+]. The number of hydrogen-bond acceptors (Lipinski definition) is 0. The van der Waals surface area contributed by atoms with Crippen molar-refractivity contribution in [3.63, 3.8) is 0 Å². The molecule has 0 unspecified atom stereocenters. The van der Waals surface area contributed by atoms with Crippen molar-refractivity contribution in [1.29, 1.82) is 0 Å². The van der Waals surface area contributed by atoms with Gasteiger partial charge in [0, 0.05) is 0 Å². The second kappa shape index (κ2) is 4.90. The summed E-state index contributed by atoms with van der Waals surface area (Å²) in [5, 5.41) is 4.40. The fraction of sp³-hybridized carbons (Fsp3) is 1.00. The maximum Gasteiger partial charge on any atom is 1.00 e. The van der Waals surface area contributed by atoms with Crippen LogP contribution in [-0.2, 0) is 0 Å². The third-order valence-electron chi connectivity index (χ3n) is 3.23.